The number of amides is 1. The number of methoxy groups -OCH3 is 1. The zero-order valence-electron chi connectivity index (χ0n) is 9.99. The number of ether oxygens (including phenoxy) is 1. The highest BCUT2D eigenvalue weighted by Gasteiger charge is 2.36. The summed E-state index contributed by atoms with van der Waals surface area (Å²) in [5, 5.41) is 3.63. The van der Waals surface area contributed by atoms with Crippen LogP contribution < -0.4 is 9.64 Å². The van der Waals surface area contributed by atoms with E-state index in [4.69, 9.17) is 4.74 Å². The summed E-state index contributed by atoms with van der Waals surface area (Å²) >= 11 is 0. The van der Waals surface area contributed by atoms with E-state index in [-0.39, 0.29) is 6.54 Å². The van der Waals surface area contributed by atoms with Crippen LogP contribution in [0.15, 0.2) is 29.1 Å². The monoisotopic (exact) mass is 259 g/mol. The number of rotatable bonds is 3. The third-order valence-corrected chi connectivity index (χ3v) is 2.89. The molecule has 0 unspecified atom stereocenters. The SMILES string of the molecule is COc1ccc2c(c1)N(Cc1ncon1)C(=O)C2=O. The molecule has 0 N–H and O–H groups in total. The molecule has 7 nitrogen and oxygen atoms in total. The number of benzene rings is 1. The van der Waals surface area contributed by atoms with Gasteiger partial charge in [-0.1, -0.05) is 5.16 Å². The van der Waals surface area contributed by atoms with Crippen LogP contribution in [0.4, 0.5) is 5.69 Å². The van der Waals surface area contributed by atoms with Gasteiger partial charge in [0.25, 0.3) is 11.7 Å². The lowest BCUT2D eigenvalue weighted by molar-refractivity contribution is -0.114. The highest BCUT2D eigenvalue weighted by Crippen LogP contribution is 2.33. The molecule has 3 rings (SSSR count). The van der Waals surface area contributed by atoms with Crippen molar-refractivity contribution in [2.45, 2.75) is 6.54 Å². The van der Waals surface area contributed by atoms with Crippen LogP contribution >= 0.6 is 0 Å². The molecule has 19 heavy (non-hydrogen) atoms. The Labute approximate surface area is 107 Å². The van der Waals surface area contributed by atoms with Gasteiger partial charge in [0.1, 0.15) is 5.75 Å². The molecule has 0 atom stereocenters. The second-order valence-electron chi connectivity index (χ2n) is 3.95. The summed E-state index contributed by atoms with van der Waals surface area (Å²) in [6.07, 6.45) is 1.17. The van der Waals surface area contributed by atoms with Crippen molar-refractivity contribution in [3.8, 4) is 5.75 Å². The van der Waals surface area contributed by atoms with Crippen molar-refractivity contribution in [3.05, 3.63) is 36.0 Å². The molecule has 2 heterocycles. The zero-order valence-corrected chi connectivity index (χ0v) is 9.99. The minimum Gasteiger partial charge on any atom is -0.497 e. The van der Waals surface area contributed by atoms with Crippen LogP contribution in [0.1, 0.15) is 16.2 Å². The Balaban J connectivity index is 2.02. The molecule has 1 aliphatic rings. The van der Waals surface area contributed by atoms with Gasteiger partial charge in [0.05, 0.1) is 24.9 Å². The lowest BCUT2D eigenvalue weighted by Crippen LogP contribution is -2.29. The fourth-order valence-corrected chi connectivity index (χ4v) is 1.96. The fraction of sp³-hybridized carbons (Fsp3) is 0.167. The third kappa shape index (κ3) is 1.75. The summed E-state index contributed by atoms with van der Waals surface area (Å²) < 4.78 is 9.71. The Bertz CT molecular complexity index is 651. The van der Waals surface area contributed by atoms with Crippen molar-refractivity contribution in [1.29, 1.82) is 0 Å². The molecule has 1 amide bonds. The molecule has 1 aromatic heterocycles. The highest BCUT2D eigenvalue weighted by molar-refractivity contribution is 6.52. The lowest BCUT2D eigenvalue weighted by atomic mass is 10.1. The Morgan fingerprint density at radius 1 is 1.37 bits per heavy atom. The second-order valence-corrected chi connectivity index (χ2v) is 3.95. The highest BCUT2D eigenvalue weighted by atomic mass is 16.5. The van der Waals surface area contributed by atoms with Crippen LogP contribution in [0, 0.1) is 0 Å². The van der Waals surface area contributed by atoms with E-state index in [0.29, 0.717) is 22.8 Å². The number of hydrogen-bond acceptors (Lipinski definition) is 6. The van der Waals surface area contributed by atoms with Crippen LogP contribution in [0.2, 0.25) is 0 Å². The number of fused-ring (bicyclic) bond motifs is 1. The van der Waals surface area contributed by atoms with Crippen LogP contribution in [0.3, 0.4) is 0 Å². The second kappa shape index (κ2) is 4.20. The fourth-order valence-electron chi connectivity index (χ4n) is 1.96. The van der Waals surface area contributed by atoms with Gasteiger partial charge in [0.2, 0.25) is 6.39 Å². The molecule has 0 radical (unpaired) electrons. The first-order valence-electron chi connectivity index (χ1n) is 5.50. The Hall–Kier alpha value is -2.70. The van der Waals surface area contributed by atoms with Crippen LogP contribution in [0.5, 0.6) is 5.75 Å². The number of aromatic nitrogens is 2. The molecule has 0 bridgehead atoms. The number of nitrogens with zero attached hydrogens (tertiary/aromatic N) is 3. The number of ketones is 1. The Kier molecular flexibility index (Phi) is 2.52. The molecule has 0 spiro atoms. The smallest absolute Gasteiger partial charge is 0.299 e. The van der Waals surface area contributed by atoms with E-state index in [9.17, 15) is 9.59 Å². The molecule has 7 heteroatoms. The van der Waals surface area contributed by atoms with Crippen molar-refractivity contribution >= 4 is 17.4 Å². The maximum Gasteiger partial charge on any atom is 0.299 e. The molecule has 2 aromatic rings. The molecule has 1 aromatic carbocycles. The quantitative estimate of drug-likeness (QED) is 0.758. The molecule has 0 aliphatic carbocycles. The summed E-state index contributed by atoms with van der Waals surface area (Å²) in [5.41, 5.74) is 0.855. The normalized spacial score (nSPS) is 13.8. The van der Waals surface area contributed by atoms with Gasteiger partial charge in [-0.2, -0.15) is 4.98 Å². The number of hydrogen-bond donors (Lipinski definition) is 0. The molecular formula is C12H9N3O4. The van der Waals surface area contributed by atoms with Crippen LogP contribution in [-0.4, -0.2) is 28.9 Å². The lowest BCUT2D eigenvalue weighted by Gasteiger charge is -2.14. The summed E-state index contributed by atoms with van der Waals surface area (Å²) in [5.74, 6) is -0.245. The van der Waals surface area contributed by atoms with Gasteiger partial charge in [-0.05, 0) is 12.1 Å². The van der Waals surface area contributed by atoms with E-state index in [1.807, 2.05) is 0 Å². The van der Waals surface area contributed by atoms with Crippen molar-refractivity contribution in [2.75, 3.05) is 12.0 Å². The van der Waals surface area contributed by atoms with Crippen molar-refractivity contribution in [1.82, 2.24) is 10.1 Å². The van der Waals surface area contributed by atoms with E-state index in [2.05, 4.69) is 14.7 Å². The minimum absolute atomic E-state index is 0.0846. The number of carbonyl (C=O) groups is 2. The molecule has 1 aliphatic heterocycles. The van der Waals surface area contributed by atoms with Gasteiger partial charge in [0, 0.05) is 6.07 Å². The van der Waals surface area contributed by atoms with Crippen molar-refractivity contribution < 1.29 is 18.8 Å². The molecule has 0 saturated heterocycles. The first kappa shape index (κ1) is 11.4. The zero-order chi connectivity index (χ0) is 13.4. The maximum absolute atomic E-state index is 11.9. The number of anilines is 1. The first-order valence-corrected chi connectivity index (χ1v) is 5.50. The van der Waals surface area contributed by atoms with Gasteiger partial charge in [-0.15, -0.1) is 0 Å². The molecule has 96 valence electrons. The Morgan fingerprint density at radius 2 is 2.21 bits per heavy atom. The van der Waals surface area contributed by atoms with Gasteiger partial charge >= 0.3 is 0 Å². The summed E-state index contributed by atoms with van der Waals surface area (Å²) in [4.78, 5) is 28.9. The van der Waals surface area contributed by atoms with Crippen LogP contribution in [0.25, 0.3) is 0 Å². The maximum atomic E-state index is 11.9. The third-order valence-electron chi connectivity index (χ3n) is 2.89. The summed E-state index contributed by atoms with van der Waals surface area (Å²) in [6, 6.07) is 4.85. The average Bonchev–Trinajstić information content (AvgIpc) is 3.02. The van der Waals surface area contributed by atoms with Gasteiger partial charge in [-0.25, -0.2) is 0 Å². The van der Waals surface area contributed by atoms with E-state index >= 15 is 0 Å². The summed E-state index contributed by atoms with van der Waals surface area (Å²) in [7, 11) is 1.52. The predicted molar refractivity (Wildman–Crippen MR) is 62.8 cm³/mol. The van der Waals surface area contributed by atoms with E-state index in [1.165, 1.54) is 18.4 Å². The number of Topliss-reactive ketones (excluding diaryl/α,β-unsaturated/α-hetero) is 1. The molecule has 0 fully saturated rings. The Morgan fingerprint density at radius 3 is 2.89 bits per heavy atom. The number of carbonyl (C=O) groups excluding carboxylic acids is 2. The van der Waals surface area contributed by atoms with E-state index in [1.54, 1.807) is 18.2 Å². The van der Waals surface area contributed by atoms with Crippen molar-refractivity contribution in [3.63, 3.8) is 0 Å². The molecule has 0 saturated carbocycles. The predicted octanol–water partition coefficient (Wildman–Crippen LogP) is 0.808. The standard InChI is InChI=1S/C12H9N3O4/c1-18-7-2-3-8-9(4-7)15(12(17)11(8)16)5-10-13-6-19-14-10/h2-4,6H,5H2,1H3. The van der Waals surface area contributed by atoms with E-state index in [0.717, 1.165) is 0 Å². The van der Waals surface area contributed by atoms with E-state index < -0.39 is 11.7 Å². The molecular weight excluding hydrogens is 250 g/mol. The topological polar surface area (TPSA) is 85.5 Å². The largest absolute Gasteiger partial charge is 0.497 e. The van der Waals surface area contributed by atoms with Crippen LogP contribution in [-0.2, 0) is 11.3 Å². The minimum atomic E-state index is -0.604. The van der Waals surface area contributed by atoms with Gasteiger partial charge in [0.15, 0.2) is 5.82 Å². The average molecular weight is 259 g/mol. The van der Waals surface area contributed by atoms with Gasteiger partial charge < -0.3 is 9.26 Å². The van der Waals surface area contributed by atoms with Crippen molar-refractivity contribution in [2.24, 2.45) is 0 Å². The summed E-state index contributed by atoms with van der Waals surface area (Å²) in [6.45, 7) is 0.0846. The first-order chi connectivity index (χ1) is 9.20. The van der Waals surface area contributed by atoms with Gasteiger partial charge in [-0.3, -0.25) is 14.5 Å².